The van der Waals surface area contributed by atoms with E-state index in [9.17, 15) is 9.90 Å². The third-order valence-electron chi connectivity index (χ3n) is 22.9. The van der Waals surface area contributed by atoms with Crippen molar-refractivity contribution in [2.24, 2.45) is 17.8 Å². The summed E-state index contributed by atoms with van der Waals surface area (Å²) in [6.45, 7) is 65.2. The van der Waals surface area contributed by atoms with Gasteiger partial charge in [0.05, 0.1) is 74.8 Å². The number of halogens is 3. The minimum Gasteiger partial charge on any atom is -0.491 e. The van der Waals surface area contributed by atoms with E-state index >= 15 is 0 Å². The fourth-order valence-corrected chi connectivity index (χ4v) is 18.1. The fourth-order valence-electron chi connectivity index (χ4n) is 11.0. The van der Waals surface area contributed by atoms with Crippen LogP contribution in [0.3, 0.4) is 0 Å². The standard InChI is InChI=1S/C29H49ClO5Si2.C29H49ClO4Si2.C27H43ClO4Si/c1-28(2,3)36(7,8)34-24(20-32-23-14-11-13-22(30)19-23)16-17-26-25(15-12-18-31)27(21-33-26)35-37(9,10)29(4,5)6;1-12-14-25-26(32-21-27(25)34-36(10,11)29(5,6)7)18-17-24(33-35(8,9)28(2,3)4)20-31-23-16-13-15-22(30)19-23;1-7-8-9-10-11-15-24-25(29)20-31-26(24)17-16-23(32-33(5,6)27(2,3)4)19-30-22-14-12-13-21(28)18-22/h11,13-14,16-19,24-27H,12,15,20-21H2,1-10H3;12-13,15-19,24-27H,1,14,20-21H2,2-11H3;9-10,12-14,16-18,23-26,29H,7-8,11,15,19-20H2,1-6H3/b17-16+;18-17+;10-9-,17-16+/t2*24?,25?,26-,27?;23?,24?,25?,26-/m111/s1. The van der Waals surface area contributed by atoms with Crippen molar-refractivity contribution < 1.29 is 60.5 Å². The molecule has 3 saturated heterocycles. The molecule has 0 aromatic heterocycles. The normalized spacial score (nSPS) is 22.7. The van der Waals surface area contributed by atoms with Crippen LogP contribution in [-0.2, 0) is 41.1 Å². The van der Waals surface area contributed by atoms with E-state index in [1.54, 1.807) is 0 Å². The van der Waals surface area contributed by atoms with E-state index in [-0.39, 0.29) is 91.8 Å². The monoisotopic (exact) mass is 1610 g/mol. The molecule has 21 heteroatoms. The second-order valence-electron chi connectivity index (χ2n) is 36.6. The molecule has 0 saturated carbocycles. The number of unbranched alkanes of at least 4 members (excludes halogenated alkanes) is 1. The van der Waals surface area contributed by atoms with Gasteiger partial charge in [-0.1, -0.05) is 225 Å². The van der Waals surface area contributed by atoms with E-state index in [1.165, 1.54) is 0 Å². The Morgan fingerprint density at radius 3 is 1.12 bits per heavy atom. The van der Waals surface area contributed by atoms with Crippen molar-refractivity contribution >= 4 is 82.7 Å². The summed E-state index contributed by atoms with van der Waals surface area (Å²) in [7, 11) is -9.99. The highest BCUT2D eigenvalue weighted by molar-refractivity contribution is 6.75. The maximum Gasteiger partial charge on any atom is 0.193 e. The number of hydrogen-bond acceptors (Lipinski definition) is 13. The number of allylic oxidation sites excluding steroid dienone is 3. The highest BCUT2D eigenvalue weighted by Crippen LogP contribution is 2.45. The van der Waals surface area contributed by atoms with E-state index in [0.717, 1.165) is 56.3 Å². The van der Waals surface area contributed by atoms with Crippen LogP contribution in [-0.4, -0.2) is 148 Å². The summed E-state index contributed by atoms with van der Waals surface area (Å²) in [6.07, 6.45) is 24.9. The zero-order chi connectivity index (χ0) is 79.9. The Bertz CT molecular complexity index is 3230. The van der Waals surface area contributed by atoms with Crippen LogP contribution in [0.25, 0.3) is 0 Å². The van der Waals surface area contributed by atoms with Crippen LogP contribution in [0.15, 0.2) is 134 Å². The molecule has 3 aliphatic heterocycles. The second kappa shape index (κ2) is 42.2. The van der Waals surface area contributed by atoms with E-state index < -0.39 is 47.7 Å². The first-order valence-electron chi connectivity index (χ1n) is 38.8. The third kappa shape index (κ3) is 31.2. The zero-order valence-electron chi connectivity index (χ0n) is 70.0. The fraction of sp³-hybridized carbons (Fsp3) is 0.659. The van der Waals surface area contributed by atoms with Gasteiger partial charge in [-0.3, -0.25) is 0 Å². The molecular weight excluding hydrogens is 1480 g/mol. The summed E-state index contributed by atoms with van der Waals surface area (Å²) >= 11 is 18.4. The van der Waals surface area contributed by atoms with Gasteiger partial charge in [0.2, 0.25) is 0 Å². The minimum absolute atomic E-state index is 0.0158. The minimum atomic E-state index is -2.06. The number of carbonyl (C=O) groups is 1. The molecule has 12 atom stereocenters. The van der Waals surface area contributed by atoms with Gasteiger partial charge in [0.15, 0.2) is 41.6 Å². The molecular formula is C85H141Cl3O13Si5. The molecule has 3 aromatic rings. The number of ether oxygens (including phenoxy) is 6. The molecule has 600 valence electrons. The summed E-state index contributed by atoms with van der Waals surface area (Å²) in [4.78, 5) is 11.2. The van der Waals surface area contributed by atoms with E-state index in [1.807, 2.05) is 78.9 Å². The van der Waals surface area contributed by atoms with Crippen molar-refractivity contribution in [3.05, 3.63) is 149 Å². The quantitative estimate of drug-likeness (QED) is 0.0340. The van der Waals surface area contributed by atoms with Crippen molar-refractivity contribution in [1.82, 2.24) is 0 Å². The topological polar surface area (TPSA) is 139 Å². The Hall–Kier alpha value is -2.98. The molecule has 6 rings (SSSR count). The van der Waals surface area contributed by atoms with Crippen LogP contribution in [0.5, 0.6) is 17.2 Å². The van der Waals surface area contributed by atoms with Crippen LogP contribution >= 0.6 is 34.8 Å². The van der Waals surface area contributed by atoms with Gasteiger partial charge in [0, 0.05) is 39.2 Å². The highest BCUT2D eigenvalue weighted by Gasteiger charge is 2.48. The predicted octanol–water partition coefficient (Wildman–Crippen LogP) is 23.9. The highest BCUT2D eigenvalue weighted by atomic mass is 35.5. The number of benzene rings is 3. The third-order valence-corrected chi connectivity index (χ3v) is 46.1. The maximum absolute atomic E-state index is 11.2. The largest absolute Gasteiger partial charge is 0.491 e. The average molecular weight is 1620 g/mol. The van der Waals surface area contributed by atoms with Crippen molar-refractivity contribution in [1.29, 1.82) is 0 Å². The molecule has 3 aliphatic rings. The predicted molar refractivity (Wildman–Crippen MR) is 458 cm³/mol. The lowest BCUT2D eigenvalue weighted by atomic mass is 9.93. The van der Waals surface area contributed by atoms with Crippen LogP contribution in [0.1, 0.15) is 156 Å². The van der Waals surface area contributed by atoms with Gasteiger partial charge < -0.3 is 60.5 Å². The molecule has 3 aromatic carbocycles. The summed E-state index contributed by atoms with van der Waals surface area (Å²) < 4.78 is 70.4. The number of aldehydes is 1. The van der Waals surface area contributed by atoms with Crippen molar-refractivity contribution in [3.8, 4) is 17.2 Å². The molecule has 0 aliphatic carbocycles. The smallest absolute Gasteiger partial charge is 0.193 e. The Kier molecular flexibility index (Phi) is 38.0. The first-order valence-corrected chi connectivity index (χ1v) is 54.5. The Morgan fingerprint density at radius 1 is 0.472 bits per heavy atom. The average Bonchev–Trinajstić information content (AvgIpc) is 1.62. The van der Waals surface area contributed by atoms with Gasteiger partial charge in [-0.05, 0) is 177 Å². The van der Waals surface area contributed by atoms with Gasteiger partial charge in [-0.25, -0.2) is 0 Å². The Balaban J connectivity index is 0.000000337. The molecule has 1 N–H and O–H groups in total. The first kappa shape index (κ1) is 95.4. The first-order chi connectivity index (χ1) is 49.0. The summed E-state index contributed by atoms with van der Waals surface area (Å²) in [5.41, 5.74) is 0. The molecule has 0 radical (unpaired) electrons. The molecule has 9 unspecified atom stereocenters. The SMILES string of the molecule is C=CCC1C(O[Si](C)(C)C(C)(C)C)CO[C@@H]1/C=C/C(COc1cccc(Cl)c1)O[Si](C)(C)C(C)(C)C.CC(C)(C)[Si](C)(C)OC(/C=C/[C@H]1OCC(O[Si](C)(C)C(C)(C)C)C1CCC=O)COc1cccc(Cl)c1.CCC/C=C\CCC1C(O)CO[C@@H]1/C=C/C(COc1cccc(Cl)c1)O[Si](C)(C)C(C)(C)C. The number of carbonyl (C=O) groups excluding carboxylic acids is 1. The number of aliphatic hydroxyl groups excluding tert-OH is 1. The van der Waals surface area contributed by atoms with Crippen molar-refractivity contribution in [2.75, 3.05) is 39.6 Å². The van der Waals surface area contributed by atoms with Gasteiger partial charge in [0.1, 0.15) is 43.4 Å². The zero-order valence-corrected chi connectivity index (χ0v) is 77.3. The number of rotatable bonds is 35. The van der Waals surface area contributed by atoms with Crippen LogP contribution in [0.4, 0.5) is 0 Å². The van der Waals surface area contributed by atoms with E-state index in [0.29, 0.717) is 66.9 Å². The lowest BCUT2D eigenvalue weighted by molar-refractivity contribution is -0.108. The van der Waals surface area contributed by atoms with Gasteiger partial charge in [0.25, 0.3) is 0 Å². The molecule has 3 heterocycles. The summed E-state index contributed by atoms with van der Waals surface area (Å²) in [6, 6.07) is 22.3. The Labute approximate surface area is 663 Å². The number of hydrogen-bond donors (Lipinski definition) is 1. The van der Waals surface area contributed by atoms with E-state index in [4.69, 9.17) is 85.4 Å². The number of aliphatic hydroxyl groups is 1. The molecule has 106 heavy (non-hydrogen) atoms. The molecule has 0 bridgehead atoms. The molecule has 0 spiro atoms. The van der Waals surface area contributed by atoms with E-state index in [2.05, 4.69) is 231 Å². The molecule has 13 nitrogen and oxygen atoms in total. The van der Waals surface area contributed by atoms with Crippen LogP contribution in [0, 0.1) is 17.8 Å². The summed E-state index contributed by atoms with van der Waals surface area (Å²) in [5.74, 6) is 2.63. The molecule has 3 fully saturated rings. The van der Waals surface area contributed by atoms with Crippen LogP contribution in [0.2, 0.25) is 106 Å². The van der Waals surface area contributed by atoms with Gasteiger partial charge >= 0.3 is 0 Å². The van der Waals surface area contributed by atoms with Gasteiger partial charge in [-0.2, -0.15) is 0 Å². The second-order valence-corrected chi connectivity index (χ2v) is 61.7. The Morgan fingerprint density at radius 2 is 0.792 bits per heavy atom. The van der Waals surface area contributed by atoms with Crippen LogP contribution < -0.4 is 14.2 Å². The maximum atomic E-state index is 11.2. The summed E-state index contributed by atoms with van der Waals surface area (Å²) in [5, 5.41) is 12.9. The lowest BCUT2D eigenvalue weighted by Gasteiger charge is -2.39. The van der Waals surface area contributed by atoms with Crippen molar-refractivity contribution in [2.45, 2.75) is 301 Å². The van der Waals surface area contributed by atoms with Crippen molar-refractivity contribution in [3.63, 3.8) is 0 Å². The molecule has 0 amide bonds. The van der Waals surface area contributed by atoms with Gasteiger partial charge in [-0.15, -0.1) is 6.58 Å². The lowest BCUT2D eigenvalue weighted by Crippen LogP contribution is -2.46.